The average Bonchev–Trinajstić information content (AvgIpc) is 3.12. The third-order valence-electron chi connectivity index (χ3n) is 3.39. The van der Waals surface area contributed by atoms with Crippen LogP contribution in [-0.2, 0) is 4.79 Å². The molecule has 1 unspecified atom stereocenters. The van der Waals surface area contributed by atoms with Gasteiger partial charge in [-0.05, 0) is 36.4 Å². The summed E-state index contributed by atoms with van der Waals surface area (Å²) in [7, 11) is 0. The van der Waals surface area contributed by atoms with E-state index >= 15 is 0 Å². The molecule has 0 fully saturated rings. The van der Waals surface area contributed by atoms with E-state index in [1.54, 1.807) is 24.3 Å². The maximum absolute atomic E-state index is 11.6. The number of benzene rings is 2. The minimum absolute atomic E-state index is 0.408. The average molecular weight is 324 g/mol. The van der Waals surface area contributed by atoms with Crippen molar-refractivity contribution >= 4 is 11.6 Å². The van der Waals surface area contributed by atoms with Crippen LogP contribution >= 0.6 is 0 Å². The van der Waals surface area contributed by atoms with Gasteiger partial charge in [0.25, 0.3) is 5.89 Å². The van der Waals surface area contributed by atoms with Crippen molar-refractivity contribution in [3.05, 3.63) is 54.6 Å². The Morgan fingerprint density at radius 3 is 2.50 bits per heavy atom. The van der Waals surface area contributed by atoms with Crippen LogP contribution in [0.1, 0.15) is 0 Å². The molecule has 0 saturated heterocycles. The van der Waals surface area contributed by atoms with Crippen LogP contribution in [0.5, 0.6) is 0 Å². The zero-order chi connectivity index (χ0) is 16.9. The third kappa shape index (κ3) is 3.48. The molecule has 7 heteroatoms. The van der Waals surface area contributed by atoms with Gasteiger partial charge in [-0.3, -0.25) is 4.79 Å². The maximum Gasteiger partial charge on any atom is 0.258 e. The predicted octanol–water partition coefficient (Wildman–Crippen LogP) is 1.66. The van der Waals surface area contributed by atoms with Gasteiger partial charge < -0.3 is 20.7 Å². The van der Waals surface area contributed by atoms with E-state index in [0.717, 1.165) is 11.1 Å². The summed E-state index contributed by atoms with van der Waals surface area (Å²) in [5.74, 6) is 0.451. The lowest BCUT2D eigenvalue weighted by Crippen LogP contribution is -2.38. The Hall–Kier alpha value is -3.03. The van der Waals surface area contributed by atoms with Gasteiger partial charge in [0.15, 0.2) is 0 Å². The minimum atomic E-state index is -0.949. The number of hydrogen-bond donors (Lipinski definition) is 3. The second-order valence-corrected chi connectivity index (χ2v) is 5.14. The second-order valence-electron chi connectivity index (χ2n) is 5.14. The van der Waals surface area contributed by atoms with Crippen LogP contribution < -0.4 is 11.1 Å². The highest BCUT2D eigenvalue weighted by Gasteiger charge is 2.13. The number of aromatic nitrogens is 2. The molecule has 24 heavy (non-hydrogen) atoms. The largest absolute Gasteiger partial charge is 0.394 e. The Kier molecular flexibility index (Phi) is 4.64. The van der Waals surface area contributed by atoms with Gasteiger partial charge >= 0.3 is 0 Å². The summed E-state index contributed by atoms with van der Waals surface area (Å²) in [6, 6.07) is 15.5. The summed E-state index contributed by atoms with van der Waals surface area (Å²) >= 11 is 0. The van der Waals surface area contributed by atoms with E-state index in [-0.39, 0.29) is 0 Å². The van der Waals surface area contributed by atoms with E-state index in [1.165, 1.54) is 0 Å². The predicted molar refractivity (Wildman–Crippen MR) is 88.9 cm³/mol. The normalized spacial score (nSPS) is 11.9. The van der Waals surface area contributed by atoms with Crippen molar-refractivity contribution in [1.29, 1.82) is 0 Å². The maximum atomic E-state index is 11.6. The SMILES string of the molecule is NC(CO)C(=O)Nc1ccc(-c2noc(-c3ccccc3)n2)cc1. The fraction of sp³-hybridized carbons (Fsp3) is 0.118. The standard InChI is InChI=1S/C17H16N4O3/c18-14(10-22)16(23)19-13-8-6-11(7-9-13)15-20-17(24-21-15)12-4-2-1-3-5-12/h1-9,14,22H,10,18H2,(H,19,23). The van der Waals surface area contributed by atoms with Crippen molar-refractivity contribution in [3.63, 3.8) is 0 Å². The monoisotopic (exact) mass is 324 g/mol. The van der Waals surface area contributed by atoms with Gasteiger partial charge in [-0.2, -0.15) is 4.98 Å². The highest BCUT2D eigenvalue weighted by molar-refractivity contribution is 5.94. The molecule has 0 bridgehead atoms. The first kappa shape index (κ1) is 15.9. The lowest BCUT2D eigenvalue weighted by molar-refractivity contribution is -0.118. The van der Waals surface area contributed by atoms with Crippen LogP contribution in [0.3, 0.4) is 0 Å². The molecular formula is C17H16N4O3. The number of aliphatic hydroxyl groups excluding tert-OH is 1. The molecule has 0 spiro atoms. The van der Waals surface area contributed by atoms with Crippen LogP contribution in [0.25, 0.3) is 22.8 Å². The smallest absolute Gasteiger partial charge is 0.258 e. The van der Waals surface area contributed by atoms with Gasteiger partial charge in [0.2, 0.25) is 11.7 Å². The fourth-order valence-corrected chi connectivity index (χ4v) is 2.06. The van der Waals surface area contributed by atoms with Gasteiger partial charge in [-0.1, -0.05) is 23.4 Å². The topological polar surface area (TPSA) is 114 Å². The summed E-state index contributed by atoms with van der Waals surface area (Å²) in [5.41, 5.74) is 7.62. The number of rotatable bonds is 5. The Labute approximate surface area is 138 Å². The molecule has 3 aromatic rings. The lowest BCUT2D eigenvalue weighted by atomic mass is 10.2. The van der Waals surface area contributed by atoms with Crippen molar-refractivity contribution in [2.24, 2.45) is 5.73 Å². The zero-order valence-electron chi connectivity index (χ0n) is 12.7. The lowest BCUT2D eigenvalue weighted by Gasteiger charge is -2.09. The van der Waals surface area contributed by atoms with Crippen molar-refractivity contribution < 1.29 is 14.4 Å². The van der Waals surface area contributed by atoms with E-state index in [4.69, 9.17) is 15.4 Å². The number of carbonyl (C=O) groups is 1. The molecule has 0 aliphatic rings. The van der Waals surface area contributed by atoms with Crippen molar-refractivity contribution in [3.8, 4) is 22.8 Å². The number of nitrogens with zero attached hydrogens (tertiary/aromatic N) is 2. The molecule has 0 saturated carbocycles. The van der Waals surface area contributed by atoms with Crippen LogP contribution in [0.15, 0.2) is 59.1 Å². The molecule has 0 radical (unpaired) electrons. The molecule has 1 amide bonds. The first-order valence-corrected chi connectivity index (χ1v) is 7.34. The van der Waals surface area contributed by atoms with Crippen LogP contribution in [0.2, 0.25) is 0 Å². The molecule has 2 aromatic carbocycles. The van der Waals surface area contributed by atoms with E-state index < -0.39 is 18.6 Å². The van der Waals surface area contributed by atoms with Gasteiger partial charge in [-0.15, -0.1) is 0 Å². The van der Waals surface area contributed by atoms with E-state index in [1.807, 2.05) is 30.3 Å². The Morgan fingerprint density at radius 2 is 1.83 bits per heavy atom. The van der Waals surface area contributed by atoms with E-state index in [9.17, 15) is 4.79 Å². The molecule has 4 N–H and O–H groups in total. The number of aliphatic hydroxyl groups is 1. The number of amides is 1. The molecule has 0 aliphatic carbocycles. The first-order chi connectivity index (χ1) is 11.7. The van der Waals surface area contributed by atoms with Gasteiger partial charge in [0.1, 0.15) is 6.04 Å². The number of carbonyl (C=O) groups excluding carboxylic acids is 1. The summed E-state index contributed by atoms with van der Waals surface area (Å²) in [5, 5.41) is 15.4. The molecule has 122 valence electrons. The first-order valence-electron chi connectivity index (χ1n) is 7.34. The quantitative estimate of drug-likeness (QED) is 0.657. The Morgan fingerprint density at radius 1 is 1.12 bits per heavy atom. The number of nitrogens with one attached hydrogen (secondary N) is 1. The molecule has 1 atom stereocenters. The second kappa shape index (κ2) is 7.03. The number of hydrogen-bond acceptors (Lipinski definition) is 6. The van der Waals surface area contributed by atoms with Crippen molar-refractivity contribution in [2.45, 2.75) is 6.04 Å². The fourth-order valence-electron chi connectivity index (χ4n) is 2.06. The van der Waals surface area contributed by atoms with Crippen LogP contribution in [-0.4, -0.2) is 33.8 Å². The number of anilines is 1. The Balaban J connectivity index is 1.75. The summed E-state index contributed by atoms with van der Waals surface area (Å²) in [6.07, 6.45) is 0. The summed E-state index contributed by atoms with van der Waals surface area (Å²) in [4.78, 5) is 16.0. The third-order valence-corrected chi connectivity index (χ3v) is 3.39. The molecule has 1 aromatic heterocycles. The Bertz CT molecular complexity index is 815. The molecule has 1 heterocycles. The van der Waals surface area contributed by atoms with E-state index in [0.29, 0.717) is 17.4 Å². The summed E-state index contributed by atoms with van der Waals surface area (Å²) in [6.45, 7) is -0.408. The van der Waals surface area contributed by atoms with Crippen LogP contribution in [0.4, 0.5) is 5.69 Å². The summed E-state index contributed by atoms with van der Waals surface area (Å²) < 4.78 is 5.27. The van der Waals surface area contributed by atoms with Gasteiger partial charge in [0, 0.05) is 16.8 Å². The molecule has 0 aliphatic heterocycles. The highest BCUT2D eigenvalue weighted by atomic mass is 16.5. The zero-order valence-corrected chi connectivity index (χ0v) is 12.7. The molecular weight excluding hydrogens is 308 g/mol. The van der Waals surface area contributed by atoms with Crippen molar-refractivity contribution in [1.82, 2.24) is 10.1 Å². The highest BCUT2D eigenvalue weighted by Crippen LogP contribution is 2.23. The van der Waals surface area contributed by atoms with Gasteiger partial charge in [-0.25, -0.2) is 0 Å². The van der Waals surface area contributed by atoms with Gasteiger partial charge in [0.05, 0.1) is 6.61 Å². The van der Waals surface area contributed by atoms with E-state index in [2.05, 4.69) is 15.5 Å². The minimum Gasteiger partial charge on any atom is -0.394 e. The van der Waals surface area contributed by atoms with Crippen LogP contribution in [0, 0.1) is 0 Å². The molecule has 7 nitrogen and oxygen atoms in total. The van der Waals surface area contributed by atoms with Crippen molar-refractivity contribution in [2.75, 3.05) is 11.9 Å². The molecule has 3 rings (SSSR count). The number of nitrogens with two attached hydrogens (primary N) is 1.